The molecular weight excluding hydrogens is 272 g/mol. The first-order valence-electron chi connectivity index (χ1n) is 7.26. The van der Waals surface area contributed by atoms with Crippen LogP contribution in [-0.2, 0) is 6.42 Å². The van der Waals surface area contributed by atoms with Gasteiger partial charge in [-0.25, -0.2) is 0 Å². The summed E-state index contributed by atoms with van der Waals surface area (Å²) in [5, 5.41) is 11.6. The third-order valence-electron chi connectivity index (χ3n) is 3.64. The predicted molar refractivity (Wildman–Crippen MR) is 88.2 cm³/mol. The van der Waals surface area contributed by atoms with Gasteiger partial charge in [-0.15, -0.1) is 0 Å². The molecule has 1 heterocycles. The van der Waals surface area contributed by atoms with E-state index in [0.717, 1.165) is 30.6 Å². The first-order valence-corrected chi connectivity index (χ1v) is 9.36. The number of hydrogen-bond donors (Lipinski definition) is 1. The molecule has 3 heteroatoms. The van der Waals surface area contributed by atoms with Gasteiger partial charge in [0, 0.05) is 22.0 Å². The van der Waals surface area contributed by atoms with Crippen molar-refractivity contribution < 1.29 is 5.11 Å². The van der Waals surface area contributed by atoms with Crippen LogP contribution in [0.25, 0.3) is 0 Å². The van der Waals surface area contributed by atoms with Crippen LogP contribution in [0, 0.1) is 0 Å². The van der Waals surface area contributed by atoms with Gasteiger partial charge < -0.3 is 5.11 Å². The lowest BCUT2D eigenvalue weighted by molar-refractivity contribution is 0.172. The molecule has 0 bridgehead atoms. The third kappa shape index (κ3) is 3.93. The van der Waals surface area contributed by atoms with Crippen LogP contribution in [0.4, 0.5) is 0 Å². The fourth-order valence-electron chi connectivity index (χ4n) is 2.64. The van der Waals surface area contributed by atoms with Gasteiger partial charge >= 0.3 is 0 Å². The minimum Gasteiger partial charge on any atom is -0.387 e. The predicted octanol–water partition coefficient (Wildman–Crippen LogP) is 4.30. The normalized spacial score (nSPS) is 25.2. The Kier molecular flexibility index (Phi) is 6.11. The van der Waals surface area contributed by atoms with Gasteiger partial charge in [-0.3, -0.25) is 0 Å². The SMILES string of the molecule is CCCc1cccc(C(O)C2SCCSC2CC)c1. The molecule has 1 saturated heterocycles. The summed E-state index contributed by atoms with van der Waals surface area (Å²) < 4.78 is 0. The molecule has 1 fully saturated rings. The maximum atomic E-state index is 10.7. The van der Waals surface area contributed by atoms with Crippen molar-refractivity contribution in [2.24, 2.45) is 0 Å². The van der Waals surface area contributed by atoms with Gasteiger partial charge in [0.25, 0.3) is 0 Å². The van der Waals surface area contributed by atoms with Crippen molar-refractivity contribution in [1.29, 1.82) is 0 Å². The minimum absolute atomic E-state index is 0.320. The Morgan fingerprint density at radius 2 is 2.05 bits per heavy atom. The molecule has 1 N–H and O–H groups in total. The number of aliphatic hydroxyl groups is 1. The summed E-state index contributed by atoms with van der Waals surface area (Å²) in [6.07, 6.45) is 3.09. The molecule has 1 aliphatic heterocycles. The van der Waals surface area contributed by atoms with E-state index in [2.05, 4.69) is 38.1 Å². The zero-order chi connectivity index (χ0) is 13.7. The third-order valence-corrected chi connectivity index (χ3v) is 6.97. The van der Waals surface area contributed by atoms with Gasteiger partial charge in [0.2, 0.25) is 0 Å². The van der Waals surface area contributed by atoms with Gasteiger partial charge in [-0.2, -0.15) is 23.5 Å². The van der Waals surface area contributed by atoms with E-state index in [0.29, 0.717) is 10.5 Å². The van der Waals surface area contributed by atoms with Crippen molar-refractivity contribution in [1.82, 2.24) is 0 Å². The average molecular weight is 297 g/mol. The van der Waals surface area contributed by atoms with E-state index in [4.69, 9.17) is 0 Å². The molecule has 1 aromatic carbocycles. The van der Waals surface area contributed by atoms with E-state index in [-0.39, 0.29) is 6.10 Å². The zero-order valence-corrected chi connectivity index (χ0v) is 13.5. The maximum absolute atomic E-state index is 10.7. The number of thioether (sulfide) groups is 2. The lowest BCUT2D eigenvalue weighted by Crippen LogP contribution is -2.31. The summed E-state index contributed by atoms with van der Waals surface area (Å²) in [6.45, 7) is 4.43. The Hall–Kier alpha value is -0.120. The van der Waals surface area contributed by atoms with Gasteiger partial charge in [0.15, 0.2) is 0 Å². The monoisotopic (exact) mass is 296 g/mol. The largest absolute Gasteiger partial charge is 0.387 e. The van der Waals surface area contributed by atoms with Crippen molar-refractivity contribution in [3.63, 3.8) is 0 Å². The van der Waals surface area contributed by atoms with E-state index < -0.39 is 0 Å². The Bertz CT molecular complexity index is 394. The molecule has 1 aromatic rings. The van der Waals surface area contributed by atoms with Gasteiger partial charge in [-0.05, 0) is 24.0 Å². The van der Waals surface area contributed by atoms with Crippen molar-refractivity contribution in [3.8, 4) is 0 Å². The average Bonchev–Trinajstić information content (AvgIpc) is 2.47. The number of aliphatic hydroxyl groups excluding tert-OH is 1. The molecule has 0 amide bonds. The zero-order valence-electron chi connectivity index (χ0n) is 11.8. The molecular formula is C16H24OS2. The van der Waals surface area contributed by atoms with Crippen molar-refractivity contribution >= 4 is 23.5 Å². The summed E-state index contributed by atoms with van der Waals surface area (Å²) in [5.74, 6) is 2.39. The fraction of sp³-hybridized carbons (Fsp3) is 0.625. The van der Waals surface area contributed by atoms with Crippen LogP contribution in [0.5, 0.6) is 0 Å². The molecule has 0 aliphatic carbocycles. The molecule has 0 radical (unpaired) electrons. The number of benzene rings is 1. The van der Waals surface area contributed by atoms with E-state index in [1.165, 1.54) is 11.3 Å². The van der Waals surface area contributed by atoms with Gasteiger partial charge in [0.05, 0.1) is 6.10 Å². The highest BCUT2D eigenvalue weighted by molar-refractivity contribution is 8.07. The van der Waals surface area contributed by atoms with Crippen LogP contribution in [0.1, 0.15) is 43.9 Å². The van der Waals surface area contributed by atoms with E-state index >= 15 is 0 Å². The Morgan fingerprint density at radius 1 is 1.26 bits per heavy atom. The lowest BCUT2D eigenvalue weighted by atomic mass is 9.99. The summed E-state index contributed by atoms with van der Waals surface area (Å²) in [6, 6.07) is 8.53. The molecule has 0 saturated carbocycles. The van der Waals surface area contributed by atoms with Crippen LogP contribution in [0.3, 0.4) is 0 Å². The molecule has 3 unspecified atom stereocenters. The fourth-order valence-corrected chi connectivity index (χ4v) is 5.78. The summed E-state index contributed by atoms with van der Waals surface area (Å²) in [4.78, 5) is 0. The molecule has 1 nitrogen and oxygen atoms in total. The summed E-state index contributed by atoms with van der Waals surface area (Å²) in [7, 11) is 0. The second-order valence-corrected chi connectivity index (χ2v) is 7.73. The number of aryl methyl sites for hydroxylation is 1. The second-order valence-electron chi connectivity index (χ2n) is 5.09. The summed E-state index contributed by atoms with van der Waals surface area (Å²) >= 11 is 3.98. The van der Waals surface area contributed by atoms with Crippen LogP contribution in [0.2, 0.25) is 0 Å². The molecule has 1 aliphatic rings. The molecule has 0 aromatic heterocycles. The molecule has 106 valence electrons. The van der Waals surface area contributed by atoms with E-state index in [1.54, 1.807) is 0 Å². The lowest BCUT2D eigenvalue weighted by Gasteiger charge is -2.33. The standard InChI is InChI=1S/C16H24OS2/c1-3-6-12-7-5-8-13(11-12)15(17)16-14(4-2)18-9-10-19-16/h5,7-8,11,14-17H,3-4,6,9-10H2,1-2H3. The Balaban J connectivity index is 2.12. The molecule has 19 heavy (non-hydrogen) atoms. The summed E-state index contributed by atoms with van der Waals surface area (Å²) in [5.41, 5.74) is 2.45. The van der Waals surface area contributed by atoms with Crippen molar-refractivity contribution in [2.75, 3.05) is 11.5 Å². The topological polar surface area (TPSA) is 20.2 Å². The van der Waals surface area contributed by atoms with Crippen molar-refractivity contribution in [3.05, 3.63) is 35.4 Å². The molecule has 2 rings (SSSR count). The highest BCUT2D eigenvalue weighted by Gasteiger charge is 2.31. The smallest absolute Gasteiger partial charge is 0.0919 e. The quantitative estimate of drug-likeness (QED) is 0.875. The first-order chi connectivity index (χ1) is 9.26. The highest BCUT2D eigenvalue weighted by Crippen LogP contribution is 2.40. The van der Waals surface area contributed by atoms with Crippen LogP contribution < -0.4 is 0 Å². The van der Waals surface area contributed by atoms with Gasteiger partial charge in [-0.1, -0.05) is 44.5 Å². The number of rotatable bonds is 5. The second kappa shape index (κ2) is 7.61. The van der Waals surface area contributed by atoms with Crippen LogP contribution in [0.15, 0.2) is 24.3 Å². The van der Waals surface area contributed by atoms with E-state index in [9.17, 15) is 5.11 Å². The minimum atomic E-state index is -0.320. The highest BCUT2D eigenvalue weighted by atomic mass is 32.2. The van der Waals surface area contributed by atoms with Crippen LogP contribution in [-0.4, -0.2) is 27.1 Å². The van der Waals surface area contributed by atoms with Crippen molar-refractivity contribution in [2.45, 2.75) is 49.7 Å². The molecule has 0 spiro atoms. The van der Waals surface area contributed by atoms with E-state index in [1.807, 2.05) is 23.5 Å². The number of hydrogen-bond acceptors (Lipinski definition) is 3. The Morgan fingerprint density at radius 3 is 2.79 bits per heavy atom. The maximum Gasteiger partial charge on any atom is 0.0919 e. The Labute approximate surface area is 125 Å². The van der Waals surface area contributed by atoms with Crippen LogP contribution >= 0.6 is 23.5 Å². The molecule has 3 atom stereocenters. The first kappa shape index (κ1) is 15.3. The van der Waals surface area contributed by atoms with Gasteiger partial charge in [0.1, 0.15) is 0 Å².